The van der Waals surface area contributed by atoms with Gasteiger partial charge < -0.3 is 14.5 Å². The average Bonchev–Trinajstić information content (AvgIpc) is 2.96. The predicted octanol–water partition coefficient (Wildman–Crippen LogP) is 2.15. The van der Waals surface area contributed by atoms with Crippen LogP contribution in [-0.2, 0) is 14.4 Å². The summed E-state index contributed by atoms with van der Waals surface area (Å²) in [6.45, 7) is 6.76. The minimum absolute atomic E-state index is 0.0616. The molecule has 0 aliphatic carbocycles. The number of benzene rings is 1. The van der Waals surface area contributed by atoms with Gasteiger partial charge >= 0.3 is 0 Å². The van der Waals surface area contributed by atoms with Crippen molar-refractivity contribution in [3.8, 4) is 0 Å². The van der Waals surface area contributed by atoms with Gasteiger partial charge in [-0.3, -0.25) is 4.79 Å². The van der Waals surface area contributed by atoms with Gasteiger partial charge in [-0.15, -0.1) is 6.58 Å². The molecule has 1 atom stereocenters. The number of oxime groups is 1. The molecule has 118 valence electrons. The molecule has 0 saturated heterocycles. The van der Waals surface area contributed by atoms with Crippen LogP contribution >= 0.6 is 0 Å². The van der Waals surface area contributed by atoms with Crippen LogP contribution in [0.3, 0.4) is 0 Å². The molecule has 0 aromatic heterocycles. The molecule has 1 amide bonds. The van der Waals surface area contributed by atoms with E-state index in [1.54, 1.807) is 11.0 Å². The number of hydrogen-bond acceptors (Lipinski definition) is 4. The van der Waals surface area contributed by atoms with Crippen LogP contribution < -0.4 is 0 Å². The molecule has 5 heteroatoms. The first kappa shape index (κ1) is 16.2. The van der Waals surface area contributed by atoms with Gasteiger partial charge in [0.15, 0.2) is 6.10 Å². The van der Waals surface area contributed by atoms with Crippen molar-refractivity contribution in [2.45, 2.75) is 19.4 Å². The second-order valence-electron chi connectivity index (χ2n) is 5.30. The Morgan fingerprint density at radius 2 is 2.32 bits per heavy atom. The van der Waals surface area contributed by atoms with Crippen LogP contribution in [-0.4, -0.2) is 49.4 Å². The van der Waals surface area contributed by atoms with Gasteiger partial charge in [0, 0.05) is 25.6 Å². The number of carbonyl (C=O) groups excluding carboxylic acids is 1. The third-order valence-electron chi connectivity index (χ3n) is 3.58. The number of amides is 1. The van der Waals surface area contributed by atoms with Gasteiger partial charge in [0.05, 0.1) is 12.3 Å². The van der Waals surface area contributed by atoms with Crippen LogP contribution in [0.15, 0.2) is 42.1 Å². The monoisotopic (exact) mass is 302 g/mol. The Morgan fingerprint density at radius 3 is 3.00 bits per heavy atom. The van der Waals surface area contributed by atoms with Crippen LogP contribution in [0.1, 0.15) is 17.5 Å². The minimum Gasteiger partial charge on any atom is -0.390 e. The van der Waals surface area contributed by atoms with Crippen LogP contribution in [0, 0.1) is 6.92 Å². The number of methoxy groups -OCH3 is 1. The summed E-state index contributed by atoms with van der Waals surface area (Å²) >= 11 is 0. The second kappa shape index (κ2) is 7.75. The molecule has 22 heavy (non-hydrogen) atoms. The summed E-state index contributed by atoms with van der Waals surface area (Å²) in [6.07, 6.45) is 2.26. The van der Waals surface area contributed by atoms with Gasteiger partial charge in [-0.1, -0.05) is 35.5 Å². The van der Waals surface area contributed by atoms with Crippen molar-refractivity contribution in [2.24, 2.45) is 5.16 Å². The lowest BCUT2D eigenvalue weighted by molar-refractivity contribution is -0.136. The zero-order valence-corrected chi connectivity index (χ0v) is 13.1. The molecular weight excluding hydrogens is 280 g/mol. The molecule has 1 heterocycles. The molecule has 1 unspecified atom stereocenters. The topological polar surface area (TPSA) is 51.1 Å². The highest BCUT2D eigenvalue weighted by Gasteiger charge is 2.26. The maximum atomic E-state index is 12.0. The Morgan fingerprint density at radius 1 is 1.55 bits per heavy atom. The van der Waals surface area contributed by atoms with E-state index in [1.807, 2.05) is 18.2 Å². The molecule has 0 spiro atoms. The maximum Gasteiger partial charge on any atom is 0.248 e. The molecule has 0 saturated carbocycles. The van der Waals surface area contributed by atoms with E-state index in [0.717, 1.165) is 11.3 Å². The Bertz CT molecular complexity index is 569. The molecule has 1 aliphatic heterocycles. The van der Waals surface area contributed by atoms with E-state index >= 15 is 0 Å². The number of hydrogen-bond donors (Lipinski definition) is 0. The molecule has 1 aliphatic rings. The normalized spacial score (nSPS) is 16.8. The summed E-state index contributed by atoms with van der Waals surface area (Å²) in [5, 5.41) is 4.19. The number of carbonyl (C=O) groups is 1. The summed E-state index contributed by atoms with van der Waals surface area (Å²) in [5.74, 6) is -0.0738. The van der Waals surface area contributed by atoms with Crippen molar-refractivity contribution < 1.29 is 14.4 Å². The first-order valence-corrected chi connectivity index (χ1v) is 7.32. The molecule has 0 N–H and O–H groups in total. The smallest absolute Gasteiger partial charge is 0.248 e. The molecule has 0 fully saturated rings. The summed E-state index contributed by atoms with van der Waals surface area (Å²) in [4.78, 5) is 19.2. The number of aryl methyl sites for hydroxylation is 1. The number of nitrogens with zero attached hydrogens (tertiary/aromatic N) is 2. The van der Waals surface area contributed by atoms with E-state index in [0.29, 0.717) is 19.5 Å². The third kappa shape index (κ3) is 3.95. The largest absolute Gasteiger partial charge is 0.390 e. The van der Waals surface area contributed by atoms with E-state index in [-0.39, 0.29) is 18.6 Å². The zero-order valence-electron chi connectivity index (χ0n) is 13.1. The van der Waals surface area contributed by atoms with Gasteiger partial charge in [-0.25, -0.2) is 0 Å². The highest BCUT2D eigenvalue weighted by Crippen LogP contribution is 2.20. The Labute approximate surface area is 131 Å². The van der Waals surface area contributed by atoms with E-state index in [1.165, 1.54) is 12.7 Å². The first-order valence-electron chi connectivity index (χ1n) is 7.32. The van der Waals surface area contributed by atoms with Crippen molar-refractivity contribution in [2.75, 3.05) is 26.8 Å². The summed E-state index contributed by atoms with van der Waals surface area (Å²) in [6, 6.07) is 8.08. The fourth-order valence-electron chi connectivity index (χ4n) is 2.48. The van der Waals surface area contributed by atoms with Gasteiger partial charge in [0.25, 0.3) is 0 Å². The molecule has 1 aromatic carbocycles. The van der Waals surface area contributed by atoms with Crippen LogP contribution in [0.2, 0.25) is 0 Å². The van der Waals surface area contributed by atoms with E-state index in [9.17, 15) is 4.79 Å². The third-order valence-corrected chi connectivity index (χ3v) is 3.58. The fourth-order valence-corrected chi connectivity index (χ4v) is 2.48. The van der Waals surface area contributed by atoms with E-state index in [2.05, 4.69) is 24.7 Å². The maximum absolute atomic E-state index is 12.0. The van der Waals surface area contributed by atoms with Crippen molar-refractivity contribution in [3.05, 3.63) is 48.0 Å². The molecule has 1 aromatic rings. The highest BCUT2D eigenvalue weighted by molar-refractivity contribution is 6.02. The Balaban J connectivity index is 1.97. The highest BCUT2D eigenvalue weighted by atomic mass is 16.6. The summed E-state index contributed by atoms with van der Waals surface area (Å²) < 4.78 is 4.91. The van der Waals surface area contributed by atoms with Crippen LogP contribution in [0.4, 0.5) is 0 Å². The second-order valence-corrected chi connectivity index (χ2v) is 5.30. The van der Waals surface area contributed by atoms with Crippen molar-refractivity contribution in [3.63, 3.8) is 0 Å². The van der Waals surface area contributed by atoms with E-state index in [4.69, 9.17) is 9.57 Å². The van der Waals surface area contributed by atoms with Gasteiger partial charge in [0.2, 0.25) is 5.91 Å². The van der Waals surface area contributed by atoms with Crippen LogP contribution in [0.25, 0.3) is 0 Å². The van der Waals surface area contributed by atoms with Crippen molar-refractivity contribution in [1.29, 1.82) is 0 Å². The number of ether oxygens (including phenoxy) is 1. The van der Waals surface area contributed by atoms with Crippen molar-refractivity contribution >= 4 is 11.6 Å². The SMILES string of the molecule is C=CCN(CC1CC(c2ccccc2C)=NO1)C(=O)COC. The van der Waals surface area contributed by atoms with E-state index < -0.39 is 0 Å². The van der Waals surface area contributed by atoms with Gasteiger partial charge in [0.1, 0.15) is 6.61 Å². The summed E-state index contributed by atoms with van der Waals surface area (Å²) in [7, 11) is 1.51. The molecule has 0 bridgehead atoms. The lowest BCUT2D eigenvalue weighted by Gasteiger charge is -2.23. The Kier molecular flexibility index (Phi) is 5.72. The summed E-state index contributed by atoms with van der Waals surface area (Å²) in [5.41, 5.74) is 3.20. The molecule has 0 radical (unpaired) electrons. The predicted molar refractivity (Wildman–Crippen MR) is 85.9 cm³/mol. The quantitative estimate of drug-likeness (QED) is 0.725. The van der Waals surface area contributed by atoms with Crippen molar-refractivity contribution in [1.82, 2.24) is 4.90 Å². The molecule has 2 rings (SSSR count). The lowest BCUT2D eigenvalue weighted by atomic mass is 10.0. The molecule has 5 nitrogen and oxygen atoms in total. The molecular formula is C17H22N2O3. The average molecular weight is 302 g/mol. The van der Waals surface area contributed by atoms with Gasteiger partial charge in [-0.05, 0) is 12.5 Å². The minimum atomic E-state index is -0.129. The fraction of sp³-hybridized carbons (Fsp3) is 0.412. The first-order chi connectivity index (χ1) is 10.7. The van der Waals surface area contributed by atoms with Gasteiger partial charge in [-0.2, -0.15) is 0 Å². The lowest BCUT2D eigenvalue weighted by Crippen LogP contribution is -2.39. The van der Waals surface area contributed by atoms with Crippen LogP contribution in [0.5, 0.6) is 0 Å². The Hall–Kier alpha value is -2.14. The number of rotatable bonds is 7. The zero-order chi connectivity index (χ0) is 15.9. The standard InChI is InChI=1S/C17H22N2O3/c1-4-9-19(17(20)12-21-3)11-14-10-16(18-22-14)15-8-6-5-7-13(15)2/h4-8,14H,1,9-12H2,2-3H3.